The number of nitrogens with one attached hydrogen (secondary N) is 2. The highest BCUT2D eigenvalue weighted by atomic mass is 16.8. The van der Waals surface area contributed by atoms with E-state index < -0.39 is 134 Å². The Balaban J connectivity index is 1.55. The third-order valence-corrected chi connectivity index (χ3v) is 11.4. The third-order valence-electron chi connectivity index (χ3n) is 11.4. The number of amides is 2. The number of esters is 5. The van der Waals surface area contributed by atoms with Gasteiger partial charge < -0.3 is 77.6 Å². The van der Waals surface area contributed by atoms with Gasteiger partial charge in [-0.3, -0.25) is 19.2 Å². The van der Waals surface area contributed by atoms with Gasteiger partial charge in [-0.2, -0.15) is 0 Å². The first-order valence-electron chi connectivity index (χ1n) is 24.4. The summed E-state index contributed by atoms with van der Waals surface area (Å²) in [5, 5.41) is 2.59. The summed E-state index contributed by atoms with van der Waals surface area (Å²) in [6, 6.07) is 24.8. The number of carbonyl (C=O) groups is 7. The molecule has 3 aromatic carbocycles. The molecule has 0 aliphatic carbocycles. The van der Waals surface area contributed by atoms with Crippen LogP contribution in [0.1, 0.15) is 77.0 Å². The number of ether oxygens (including phenoxy) is 13. The van der Waals surface area contributed by atoms with Gasteiger partial charge in [0.2, 0.25) is 0 Å². The van der Waals surface area contributed by atoms with Crippen LogP contribution in [0.2, 0.25) is 0 Å². The van der Waals surface area contributed by atoms with E-state index in [1.54, 1.807) is 106 Å². The molecule has 2 amide bonds. The van der Waals surface area contributed by atoms with E-state index in [-0.39, 0.29) is 25.5 Å². The smallest absolute Gasteiger partial charge is 0.408 e. The van der Waals surface area contributed by atoms with Gasteiger partial charge in [-0.25, -0.2) is 19.4 Å². The molecule has 6 rings (SSSR count). The summed E-state index contributed by atoms with van der Waals surface area (Å²) >= 11 is 0. The lowest BCUT2D eigenvalue weighted by Crippen LogP contribution is -2.67. The fraction of sp³-hybridized carbons (Fsp3) is 0.472. The molecule has 3 heterocycles. The summed E-state index contributed by atoms with van der Waals surface area (Å²) < 4.78 is 79.6. The lowest BCUT2D eigenvalue weighted by Gasteiger charge is -2.49. The molecule has 416 valence electrons. The first-order chi connectivity index (χ1) is 36.7. The summed E-state index contributed by atoms with van der Waals surface area (Å²) in [5.41, 5.74) is 6.54. The van der Waals surface area contributed by atoms with Crippen LogP contribution in [0.15, 0.2) is 104 Å². The fourth-order valence-corrected chi connectivity index (χ4v) is 8.20. The van der Waals surface area contributed by atoms with Crippen LogP contribution in [0.5, 0.6) is 0 Å². The number of alkyl carbamates (subject to hydrolysis) is 1. The number of nitrogens with zero attached hydrogens (tertiary/aromatic N) is 1. The quantitative estimate of drug-likeness (QED) is 0.0677. The minimum atomic E-state index is -1.94. The number of carbonyl (C=O) groups excluding carboxylic acids is 7. The normalized spacial score (nSPS) is 23.9. The maximum atomic E-state index is 14.6. The van der Waals surface area contributed by atoms with Crippen LogP contribution < -0.4 is 11.1 Å². The molecule has 24 heteroatoms. The summed E-state index contributed by atoms with van der Waals surface area (Å²) in [6.45, 7) is 7.59. The van der Waals surface area contributed by atoms with Gasteiger partial charge in [0.05, 0.1) is 31.4 Å². The van der Waals surface area contributed by atoms with Crippen LogP contribution in [-0.4, -0.2) is 138 Å². The van der Waals surface area contributed by atoms with Crippen molar-refractivity contribution in [2.45, 2.75) is 147 Å². The fourth-order valence-electron chi connectivity index (χ4n) is 8.20. The zero-order valence-electron chi connectivity index (χ0n) is 43.5. The molecule has 2 aliphatic rings. The molecule has 1 aromatic heterocycles. The highest BCUT2D eigenvalue weighted by molar-refractivity contribution is 5.82. The van der Waals surface area contributed by atoms with Crippen molar-refractivity contribution in [2.75, 3.05) is 13.2 Å². The van der Waals surface area contributed by atoms with Crippen LogP contribution in [0.3, 0.4) is 0 Å². The van der Waals surface area contributed by atoms with Crippen molar-refractivity contribution >= 4 is 42.0 Å². The van der Waals surface area contributed by atoms with Gasteiger partial charge >= 0.3 is 42.0 Å². The second kappa shape index (κ2) is 28.1. The molecule has 2 fully saturated rings. The van der Waals surface area contributed by atoms with Crippen molar-refractivity contribution in [2.24, 2.45) is 5.73 Å². The number of nitrogens with two attached hydrogens (primary N) is 1. The standard InChI is InChI=1S/C53H64N4O20/c1-30(58)65-27-38-42(67-24-34-17-11-8-12-18-34)44(68-25-35-19-13-9-14-20-35)46(75-50-47(71-33(4)61)45(76-51(54)63)43(70-32(3)60)39(73-50)28-66-31(2)59)49(72-38)74-41(37-23-55-29-56-37)40(57-52(64)77-53(5,6)7)48(62)69-26-36-21-15-10-16-22-36/h8-23,29,38-47,49-50H,24-28H2,1-7H3,(H2,54,63)(H,55,56)(H,57,64)/t38-,39+,40-,41-,42+,43+,44-,45-,46-,47-,49-,50+/m0/s1. The number of rotatable bonds is 23. The second-order valence-corrected chi connectivity index (χ2v) is 18.6. The Hall–Kier alpha value is -7.48. The molecule has 4 aromatic rings. The number of imidazole rings is 1. The number of benzene rings is 3. The summed E-state index contributed by atoms with van der Waals surface area (Å²) in [6.07, 6.45) is -17.9. The number of hydrogen-bond donors (Lipinski definition) is 3. The Morgan fingerprint density at radius 3 is 1.61 bits per heavy atom. The van der Waals surface area contributed by atoms with Crippen LogP contribution in [0, 0.1) is 0 Å². The van der Waals surface area contributed by atoms with Gasteiger partial charge in [-0.1, -0.05) is 91.0 Å². The van der Waals surface area contributed by atoms with Crippen LogP contribution >= 0.6 is 0 Å². The van der Waals surface area contributed by atoms with Gasteiger partial charge in [0.15, 0.2) is 36.9 Å². The Bertz CT molecular complexity index is 2550. The maximum Gasteiger partial charge on any atom is 0.408 e. The van der Waals surface area contributed by atoms with E-state index in [0.717, 1.165) is 20.8 Å². The predicted octanol–water partition coefficient (Wildman–Crippen LogP) is 4.56. The van der Waals surface area contributed by atoms with Crippen molar-refractivity contribution in [3.8, 4) is 0 Å². The molecule has 0 bridgehead atoms. The molecular weight excluding hydrogens is 1010 g/mol. The summed E-state index contributed by atoms with van der Waals surface area (Å²) in [7, 11) is 0. The minimum Gasteiger partial charge on any atom is -0.463 e. The average Bonchev–Trinajstić information content (AvgIpc) is 3.92. The van der Waals surface area contributed by atoms with Gasteiger partial charge in [0.25, 0.3) is 0 Å². The monoisotopic (exact) mass is 1080 g/mol. The number of primary amides is 1. The largest absolute Gasteiger partial charge is 0.463 e. The Labute approximate surface area is 443 Å². The first kappa shape index (κ1) is 58.8. The number of aromatic amines is 1. The molecular formula is C53H64N4O20. The highest BCUT2D eigenvalue weighted by Crippen LogP contribution is 2.38. The second-order valence-electron chi connectivity index (χ2n) is 18.6. The topological polar surface area (TPSA) is 306 Å². The average molecular weight is 1080 g/mol. The van der Waals surface area contributed by atoms with E-state index in [4.69, 9.17) is 67.3 Å². The van der Waals surface area contributed by atoms with Gasteiger partial charge in [0, 0.05) is 27.7 Å². The zero-order valence-corrected chi connectivity index (χ0v) is 43.5. The Morgan fingerprint density at radius 1 is 0.610 bits per heavy atom. The van der Waals surface area contributed by atoms with Crippen LogP contribution in [0.4, 0.5) is 9.59 Å². The molecule has 77 heavy (non-hydrogen) atoms. The summed E-state index contributed by atoms with van der Waals surface area (Å²) in [5.74, 6) is -4.39. The molecule has 0 saturated carbocycles. The molecule has 24 nitrogen and oxygen atoms in total. The maximum absolute atomic E-state index is 14.6. The van der Waals surface area contributed by atoms with Crippen molar-refractivity contribution in [3.63, 3.8) is 0 Å². The molecule has 2 saturated heterocycles. The van der Waals surface area contributed by atoms with Gasteiger partial charge in [0.1, 0.15) is 62.0 Å². The van der Waals surface area contributed by atoms with E-state index in [0.29, 0.717) is 16.7 Å². The molecule has 0 unspecified atom stereocenters. The number of H-pyrrole nitrogens is 1. The van der Waals surface area contributed by atoms with Crippen LogP contribution in [0.25, 0.3) is 0 Å². The van der Waals surface area contributed by atoms with Gasteiger partial charge in [-0.05, 0) is 37.5 Å². The lowest BCUT2D eigenvalue weighted by molar-refractivity contribution is -0.379. The van der Waals surface area contributed by atoms with E-state index in [2.05, 4.69) is 15.3 Å². The molecule has 0 radical (unpaired) electrons. The van der Waals surface area contributed by atoms with E-state index in [9.17, 15) is 33.6 Å². The Morgan fingerprint density at radius 2 is 1.12 bits per heavy atom. The minimum absolute atomic E-state index is 0.0677. The first-order valence-corrected chi connectivity index (χ1v) is 24.4. The SMILES string of the molecule is CC(=O)OC[C@@H]1O[C@@H](O[C@@H](c2cnc[nH]2)[C@H](NC(=O)OC(C)(C)C)C(=O)OCc2ccccc2)[C@@H](O[C@H]2O[C@H](COC(C)=O)[C@@H](OC(C)=O)[C@H](OC(N)=O)[C@@H]2OC(C)=O)[C@@H](OCc2ccccc2)[C@@H]1OCc1ccccc1. The Kier molecular flexibility index (Phi) is 21.4. The number of hydrogen-bond acceptors (Lipinski definition) is 21. The molecule has 12 atom stereocenters. The molecule has 4 N–H and O–H groups in total. The molecule has 0 spiro atoms. The van der Waals surface area contributed by atoms with E-state index >= 15 is 0 Å². The van der Waals surface area contributed by atoms with Gasteiger partial charge in [-0.15, -0.1) is 0 Å². The van der Waals surface area contributed by atoms with E-state index in [1.165, 1.54) is 19.4 Å². The third kappa shape index (κ3) is 18.1. The summed E-state index contributed by atoms with van der Waals surface area (Å²) in [4.78, 5) is 98.7. The predicted molar refractivity (Wildman–Crippen MR) is 263 cm³/mol. The van der Waals surface area contributed by atoms with Crippen molar-refractivity contribution in [1.82, 2.24) is 15.3 Å². The zero-order chi connectivity index (χ0) is 55.6. The van der Waals surface area contributed by atoms with Crippen molar-refractivity contribution in [3.05, 3.63) is 126 Å². The van der Waals surface area contributed by atoms with Crippen molar-refractivity contribution < 1.29 is 95.1 Å². The van der Waals surface area contributed by atoms with E-state index in [1.807, 2.05) is 6.07 Å². The highest BCUT2D eigenvalue weighted by Gasteiger charge is 2.58. The number of aromatic nitrogens is 2. The lowest BCUT2D eigenvalue weighted by atomic mass is 9.96. The van der Waals surface area contributed by atoms with Crippen molar-refractivity contribution in [1.29, 1.82) is 0 Å². The van der Waals surface area contributed by atoms with Crippen LogP contribution in [-0.2, 0) is 105 Å². The molecule has 2 aliphatic heterocycles.